The fraction of sp³-hybridized carbons (Fsp3) is 0.833. The van der Waals surface area contributed by atoms with Crippen LogP contribution in [0.5, 0.6) is 0 Å². The second-order valence-electron chi connectivity index (χ2n) is 5.20. The number of rotatable bonds is 4. The van der Waals surface area contributed by atoms with Gasteiger partial charge in [-0.1, -0.05) is 12.1 Å². The van der Waals surface area contributed by atoms with E-state index in [1.165, 1.54) is 12.8 Å². The van der Waals surface area contributed by atoms with Crippen molar-refractivity contribution in [1.29, 1.82) is 0 Å². The number of nitrogens with zero attached hydrogens (tertiary/aromatic N) is 3. The van der Waals surface area contributed by atoms with Crippen molar-refractivity contribution in [2.75, 3.05) is 6.54 Å². The van der Waals surface area contributed by atoms with E-state index >= 15 is 0 Å². The van der Waals surface area contributed by atoms with Crippen LogP contribution in [0.1, 0.15) is 37.9 Å². The SMILES string of the molecule is CCNC(c1c(Br)nnn1C)C1CC2CCC1O2. The standard InChI is InChI=1S/C12H19BrN4O/c1-3-14-10(11-12(13)15-16-17(11)2)8-6-7-4-5-9(8)18-7/h7-10,14H,3-6H2,1-2H3. The highest BCUT2D eigenvalue weighted by molar-refractivity contribution is 9.10. The van der Waals surface area contributed by atoms with Gasteiger partial charge in [0.15, 0.2) is 4.60 Å². The molecule has 0 radical (unpaired) electrons. The summed E-state index contributed by atoms with van der Waals surface area (Å²) in [5, 5.41) is 11.8. The van der Waals surface area contributed by atoms with Gasteiger partial charge in [-0.15, -0.1) is 5.10 Å². The third-order valence-electron chi connectivity index (χ3n) is 4.13. The largest absolute Gasteiger partial charge is 0.375 e. The minimum absolute atomic E-state index is 0.277. The van der Waals surface area contributed by atoms with Crippen molar-refractivity contribution in [3.05, 3.63) is 10.3 Å². The van der Waals surface area contributed by atoms with Crippen LogP contribution in [0, 0.1) is 5.92 Å². The van der Waals surface area contributed by atoms with Gasteiger partial charge in [-0.2, -0.15) is 0 Å². The maximum Gasteiger partial charge on any atom is 0.153 e. The van der Waals surface area contributed by atoms with Crippen molar-refractivity contribution in [3.63, 3.8) is 0 Å². The van der Waals surface area contributed by atoms with Crippen LogP contribution in [0.4, 0.5) is 0 Å². The van der Waals surface area contributed by atoms with E-state index in [1.807, 2.05) is 11.7 Å². The number of aromatic nitrogens is 3. The van der Waals surface area contributed by atoms with Crippen molar-refractivity contribution in [2.24, 2.45) is 13.0 Å². The Morgan fingerprint density at radius 1 is 1.56 bits per heavy atom. The molecule has 2 aliphatic heterocycles. The molecule has 3 rings (SSSR count). The Balaban J connectivity index is 1.88. The molecular formula is C12H19BrN4O. The molecule has 0 aromatic carbocycles. The number of hydrogen-bond donors (Lipinski definition) is 1. The average Bonchev–Trinajstić information content (AvgIpc) is 3.04. The number of halogens is 1. The van der Waals surface area contributed by atoms with Gasteiger partial charge in [-0.05, 0) is 41.7 Å². The van der Waals surface area contributed by atoms with Gasteiger partial charge >= 0.3 is 0 Å². The van der Waals surface area contributed by atoms with Crippen LogP contribution in [0.15, 0.2) is 4.60 Å². The van der Waals surface area contributed by atoms with Gasteiger partial charge < -0.3 is 10.1 Å². The zero-order valence-corrected chi connectivity index (χ0v) is 12.4. The summed E-state index contributed by atoms with van der Waals surface area (Å²) in [6.07, 6.45) is 4.45. The van der Waals surface area contributed by atoms with E-state index in [9.17, 15) is 0 Å². The fourth-order valence-electron chi connectivity index (χ4n) is 3.37. The summed E-state index contributed by atoms with van der Waals surface area (Å²) in [6, 6.07) is 0.277. The van der Waals surface area contributed by atoms with E-state index < -0.39 is 0 Å². The maximum atomic E-state index is 5.98. The lowest BCUT2D eigenvalue weighted by atomic mass is 9.82. The van der Waals surface area contributed by atoms with Gasteiger partial charge in [0.2, 0.25) is 0 Å². The van der Waals surface area contributed by atoms with Crippen LogP contribution < -0.4 is 5.32 Å². The topological polar surface area (TPSA) is 52.0 Å². The van der Waals surface area contributed by atoms with Crippen LogP contribution in [0.25, 0.3) is 0 Å². The van der Waals surface area contributed by atoms with E-state index in [1.54, 1.807) is 0 Å². The summed E-state index contributed by atoms with van der Waals surface area (Å²) in [6.45, 7) is 3.08. The minimum atomic E-state index is 0.277. The summed E-state index contributed by atoms with van der Waals surface area (Å²) >= 11 is 3.51. The number of fused-ring (bicyclic) bond motifs is 2. The number of aryl methyl sites for hydroxylation is 1. The summed E-state index contributed by atoms with van der Waals surface area (Å²) in [5.74, 6) is 0.539. The maximum absolute atomic E-state index is 5.98. The van der Waals surface area contributed by atoms with Crippen molar-refractivity contribution in [1.82, 2.24) is 20.3 Å². The molecule has 5 nitrogen and oxygen atoms in total. The molecule has 2 saturated heterocycles. The first-order valence-corrected chi connectivity index (χ1v) is 7.44. The number of hydrogen-bond acceptors (Lipinski definition) is 4. The third-order valence-corrected chi connectivity index (χ3v) is 4.69. The van der Waals surface area contributed by atoms with Crippen LogP contribution in [-0.4, -0.2) is 33.7 Å². The molecule has 4 unspecified atom stereocenters. The lowest BCUT2D eigenvalue weighted by molar-refractivity contribution is 0.0851. The fourth-order valence-corrected chi connectivity index (χ4v) is 3.94. The smallest absolute Gasteiger partial charge is 0.153 e. The van der Waals surface area contributed by atoms with Crippen molar-refractivity contribution < 1.29 is 4.74 Å². The molecule has 0 amide bonds. The molecule has 0 saturated carbocycles. The molecule has 18 heavy (non-hydrogen) atoms. The van der Waals surface area contributed by atoms with E-state index in [-0.39, 0.29) is 6.04 Å². The predicted octanol–water partition coefficient (Wildman–Crippen LogP) is 1.80. The molecule has 3 heterocycles. The highest BCUT2D eigenvalue weighted by atomic mass is 79.9. The zero-order valence-electron chi connectivity index (χ0n) is 10.8. The third kappa shape index (κ3) is 2.00. The molecule has 0 aliphatic carbocycles. The second kappa shape index (κ2) is 4.90. The second-order valence-corrected chi connectivity index (χ2v) is 5.95. The Morgan fingerprint density at radius 2 is 2.39 bits per heavy atom. The highest BCUT2D eigenvalue weighted by Crippen LogP contribution is 2.45. The molecule has 2 bridgehead atoms. The van der Waals surface area contributed by atoms with Gasteiger partial charge in [0.05, 0.1) is 23.9 Å². The molecular weight excluding hydrogens is 296 g/mol. The molecule has 6 heteroatoms. The van der Waals surface area contributed by atoms with Crippen LogP contribution in [0.3, 0.4) is 0 Å². The van der Waals surface area contributed by atoms with Crippen molar-refractivity contribution >= 4 is 15.9 Å². The normalized spacial score (nSPS) is 32.1. The van der Waals surface area contributed by atoms with Gasteiger partial charge in [-0.3, -0.25) is 0 Å². The monoisotopic (exact) mass is 314 g/mol. The predicted molar refractivity (Wildman–Crippen MR) is 71.1 cm³/mol. The molecule has 4 atom stereocenters. The molecule has 0 spiro atoms. The molecule has 2 fully saturated rings. The first-order chi connectivity index (χ1) is 8.70. The molecule has 2 aliphatic rings. The van der Waals surface area contributed by atoms with Crippen LogP contribution >= 0.6 is 15.9 Å². The quantitative estimate of drug-likeness (QED) is 0.920. The van der Waals surface area contributed by atoms with Crippen LogP contribution in [0.2, 0.25) is 0 Å². The Labute approximate surface area is 115 Å². The van der Waals surface area contributed by atoms with Gasteiger partial charge in [0.1, 0.15) is 0 Å². The summed E-state index contributed by atoms with van der Waals surface area (Å²) in [5.41, 5.74) is 1.14. The lowest BCUT2D eigenvalue weighted by Gasteiger charge is -2.29. The van der Waals surface area contributed by atoms with Crippen molar-refractivity contribution in [3.8, 4) is 0 Å². The van der Waals surface area contributed by atoms with Gasteiger partial charge in [-0.25, -0.2) is 4.68 Å². The van der Waals surface area contributed by atoms with Gasteiger partial charge in [0, 0.05) is 13.0 Å². The molecule has 1 aromatic rings. The molecule has 100 valence electrons. The minimum Gasteiger partial charge on any atom is -0.375 e. The Hall–Kier alpha value is -0.460. The average molecular weight is 315 g/mol. The van der Waals surface area contributed by atoms with E-state index in [2.05, 4.69) is 38.5 Å². The van der Waals surface area contributed by atoms with Gasteiger partial charge in [0.25, 0.3) is 0 Å². The summed E-state index contributed by atoms with van der Waals surface area (Å²) < 4.78 is 8.70. The van der Waals surface area contributed by atoms with E-state index in [0.717, 1.165) is 23.3 Å². The molecule has 1 aromatic heterocycles. The Bertz CT molecular complexity index is 416. The van der Waals surface area contributed by atoms with E-state index in [4.69, 9.17) is 4.74 Å². The van der Waals surface area contributed by atoms with Crippen molar-refractivity contribution in [2.45, 2.75) is 44.4 Å². The molecule has 1 N–H and O–H groups in total. The Kier molecular flexibility index (Phi) is 3.42. The summed E-state index contributed by atoms with van der Waals surface area (Å²) in [7, 11) is 1.95. The number of nitrogens with one attached hydrogen (secondary N) is 1. The Morgan fingerprint density at radius 3 is 2.89 bits per heavy atom. The van der Waals surface area contributed by atoms with E-state index in [0.29, 0.717) is 18.1 Å². The summed E-state index contributed by atoms with van der Waals surface area (Å²) in [4.78, 5) is 0. The highest BCUT2D eigenvalue weighted by Gasteiger charge is 2.45. The number of ether oxygens (including phenoxy) is 1. The zero-order chi connectivity index (χ0) is 12.7. The lowest BCUT2D eigenvalue weighted by Crippen LogP contribution is -2.35. The first kappa shape index (κ1) is 12.6. The first-order valence-electron chi connectivity index (χ1n) is 6.64. The van der Waals surface area contributed by atoms with Crippen LogP contribution in [-0.2, 0) is 11.8 Å².